The number of nitrogens with two attached hydrogens (primary N) is 1. The minimum atomic E-state index is -4.09. The van der Waals surface area contributed by atoms with Crippen molar-refractivity contribution < 1.29 is 37.1 Å². The van der Waals surface area contributed by atoms with Gasteiger partial charge in [-0.1, -0.05) is 76.5 Å². The number of amides is 4. The Morgan fingerprint density at radius 2 is 1.75 bits per heavy atom. The molecule has 0 unspecified atom stereocenters. The van der Waals surface area contributed by atoms with E-state index in [0.717, 1.165) is 6.42 Å². The molecule has 17 heteroatoms. The Bertz CT molecular complexity index is 1510. The third kappa shape index (κ3) is 13.2. The minimum Gasteiger partial charge on any atom is -0.379 e. The van der Waals surface area contributed by atoms with E-state index in [1.807, 2.05) is 32.4 Å². The van der Waals surface area contributed by atoms with Gasteiger partial charge >= 0.3 is 0 Å². The lowest BCUT2D eigenvalue weighted by molar-refractivity contribution is -0.146. The molecule has 0 bridgehead atoms. The van der Waals surface area contributed by atoms with Gasteiger partial charge in [-0.15, -0.1) is 0 Å². The van der Waals surface area contributed by atoms with Crippen LogP contribution >= 0.6 is 0 Å². The molecular weight excluding hydrogens is 705 g/mol. The zero-order valence-electron chi connectivity index (χ0n) is 32.4. The van der Waals surface area contributed by atoms with Crippen LogP contribution in [0.1, 0.15) is 72.3 Å². The number of carbonyl (C=O) groups excluding carboxylic acids is 4. The Balaban J connectivity index is 2.27. The van der Waals surface area contributed by atoms with Crippen molar-refractivity contribution in [2.24, 2.45) is 28.6 Å². The van der Waals surface area contributed by atoms with Crippen molar-refractivity contribution in [2.45, 2.75) is 110 Å². The zero-order chi connectivity index (χ0) is 39.9. The van der Waals surface area contributed by atoms with E-state index in [2.05, 4.69) is 15.3 Å². The quantitative estimate of drug-likeness (QED) is 0.0682. The molecule has 1 aliphatic heterocycles. The number of rotatable bonds is 22. The summed E-state index contributed by atoms with van der Waals surface area (Å²) >= 11 is 0. The number of likely N-dealkylation sites (N-methyl/N-ethyl adjacent to an activating group) is 1. The van der Waals surface area contributed by atoms with Gasteiger partial charge in [0.05, 0.1) is 48.4 Å². The molecule has 1 aliphatic rings. The predicted molar refractivity (Wildman–Crippen MR) is 202 cm³/mol. The van der Waals surface area contributed by atoms with Crippen molar-refractivity contribution >= 4 is 33.7 Å². The highest BCUT2D eigenvalue weighted by Gasteiger charge is 2.43. The number of methoxy groups -OCH3 is 2. The van der Waals surface area contributed by atoms with Crippen LogP contribution in [0.5, 0.6) is 0 Å². The van der Waals surface area contributed by atoms with Gasteiger partial charge in [0.25, 0.3) is 5.91 Å². The van der Waals surface area contributed by atoms with Crippen molar-refractivity contribution in [3.8, 4) is 0 Å². The van der Waals surface area contributed by atoms with Gasteiger partial charge in [0.1, 0.15) is 6.04 Å². The molecule has 1 heterocycles. The van der Waals surface area contributed by atoms with Gasteiger partial charge in [0, 0.05) is 45.7 Å². The lowest BCUT2D eigenvalue weighted by atomic mass is 9.89. The van der Waals surface area contributed by atoms with E-state index < -0.39 is 69.9 Å². The van der Waals surface area contributed by atoms with Gasteiger partial charge in [0.2, 0.25) is 27.7 Å². The summed E-state index contributed by atoms with van der Waals surface area (Å²) in [7, 11) is 0.593. The standard InChI is InChI=1S/C36H60N8O8S/c1-9-24(4)32(43(6)36(48)31(37)23(2)3)29(51-7)22-30(45)44-19-13-17-28(44)33(52-8)25(5)34(46)40-27(21-26-15-11-10-12-16-26)35(47)41-53(49,50)20-14-18-39-42-38/h10-12,15-16,23-25,27-29,31-33H,9,13-14,17-22,37H2,1-8H3,(H,40,46)(H,41,47)/t24-,25+,27-,28-,29+,31-,32-,33+/m0/s1. The van der Waals surface area contributed by atoms with Crippen LogP contribution in [0.4, 0.5) is 0 Å². The van der Waals surface area contributed by atoms with Gasteiger partial charge in [-0.25, -0.2) is 8.42 Å². The monoisotopic (exact) mass is 764 g/mol. The Morgan fingerprint density at radius 3 is 2.32 bits per heavy atom. The summed E-state index contributed by atoms with van der Waals surface area (Å²) in [6.45, 7) is 9.82. The van der Waals surface area contributed by atoms with E-state index in [1.165, 1.54) is 14.2 Å². The highest BCUT2D eigenvalue weighted by Crippen LogP contribution is 2.29. The molecule has 4 amide bonds. The van der Waals surface area contributed by atoms with Crippen LogP contribution in [0.25, 0.3) is 10.4 Å². The second-order valence-corrected chi connectivity index (χ2v) is 16.0. The number of sulfonamides is 1. The number of hydrogen-bond acceptors (Lipinski definition) is 10. The van der Waals surface area contributed by atoms with Gasteiger partial charge in [-0.3, -0.25) is 23.9 Å². The fourth-order valence-corrected chi connectivity index (χ4v) is 7.89. The molecule has 0 spiro atoms. The number of nitrogens with zero attached hydrogens (tertiary/aromatic N) is 5. The Kier molecular flexibility index (Phi) is 18.7. The Hall–Kier alpha value is -3.76. The molecule has 53 heavy (non-hydrogen) atoms. The van der Waals surface area contributed by atoms with Gasteiger partial charge in [-0.2, -0.15) is 0 Å². The summed E-state index contributed by atoms with van der Waals surface area (Å²) in [6.07, 6.45) is 0.616. The first kappa shape index (κ1) is 45.4. The molecule has 1 fully saturated rings. The number of carbonyl (C=O) groups is 4. The van der Waals surface area contributed by atoms with E-state index in [-0.39, 0.29) is 49.5 Å². The number of hydrogen-bond donors (Lipinski definition) is 3. The fraction of sp³-hybridized carbons (Fsp3) is 0.722. The first-order valence-electron chi connectivity index (χ1n) is 18.3. The molecule has 4 N–H and O–H groups in total. The molecule has 0 aromatic heterocycles. The molecule has 8 atom stereocenters. The predicted octanol–water partition coefficient (Wildman–Crippen LogP) is 2.76. The highest BCUT2D eigenvalue weighted by atomic mass is 32.2. The molecule has 0 radical (unpaired) electrons. The number of likely N-dealkylation sites (tertiary alicyclic amines) is 1. The van der Waals surface area contributed by atoms with Gasteiger partial charge in [0.15, 0.2) is 0 Å². The zero-order valence-corrected chi connectivity index (χ0v) is 33.3. The topological polar surface area (TPSA) is 226 Å². The first-order valence-corrected chi connectivity index (χ1v) is 19.9. The maximum Gasteiger partial charge on any atom is 0.256 e. The number of nitrogens with one attached hydrogen (secondary N) is 2. The molecule has 1 aromatic carbocycles. The van der Waals surface area contributed by atoms with Gasteiger partial charge in [-0.05, 0) is 42.2 Å². The summed E-state index contributed by atoms with van der Waals surface area (Å²) in [4.78, 5) is 60.4. The molecule has 0 aliphatic carbocycles. The largest absolute Gasteiger partial charge is 0.379 e. The SMILES string of the molecule is CC[C@H](C)[C@@H]([C@@H](CC(=O)N1CCC[C@H]1[C@H](OC)[C@@H](C)C(=O)N[C@@H](Cc1ccccc1)C(=O)NS(=O)(=O)CCCN=[N+]=[N-])OC)N(C)C(=O)[C@@H](N)C(C)C. The van der Waals surface area contributed by atoms with Crippen LogP contribution in [-0.4, -0.2) is 118 Å². The third-order valence-corrected chi connectivity index (χ3v) is 11.5. The van der Waals surface area contributed by atoms with Crippen LogP contribution in [0.3, 0.4) is 0 Å². The summed E-state index contributed by atoms with van der Waals surface area (Å²) in [5, 5.41) is 6.05. The molecular formula is C36H60N8O8S. The maximum absolute atomic E-state index is 14.0. The van der Waals surface area contributed by atoms with Crippen LogP contribution in [0.15, 0.2) is 35.4 Å². The molecule has 1 saturated heterocycles. The first-order chi connectivity index (χ1) is 25.0. The van der Waals surface area contributed by atoms with Crippen LogP contribution in [-0.2, 0) is 45.1 Å². The van der Waals surface area contributed by atoms with E-state index in [4.69, 9.17) is 20.7 Å². The van der Waals surface area contributed by atoms with Crippen LogP contribution in [0.2, 0.25) is 0 Å². The Morgan fingerprint density at radius 1 is 1.09 bits per heavy atom. The number of azide groups is 1. The van der Waals surface area contributed by atoms with E-state index >= 15 is 0 Å². The average molecular weight is 765 g/mol. The fourth-order valence-electron chi connectivity index (χ4n) is 6.83. The van der Waals surface area contributed by atoms with Crippen LogP contribution < -0.4 is 15.8 Å². The number of ether oxygens (including phenoxy) is 2. The van der Waals surface area contributed by atoms with E-state index in [0.29, 0.717) is 24.9 Å². The molecule has 0 saturated carbocycles. The van der Waals surface area contributed by atoms with Crippen molar-refractivity contribution in [1.29, 1.82) is 0 Å². The van der Waals surface area contributed by atoms with Crippen molar-refractivity contribution in [2.75, 3.05) is 40.1 Å². The molecule has 2 rings (SSSR count). The normalized spacial score (nSPS) is 18.5. The molecule has 16 nitrogen and oxygen atoms in total. The second-order valence-electron chi connectivity index (χ2n) is 14.2. The highest BCUT2D eigenvalue weighted by molar-refractivity contribution is 7.90. The average Bonchev–Trinajstić information content (AvgIpc) is 3.62. The summed E-state index contributed by atoms with van der Waals surface area (Å²) in [5.74, 6) is -3.26. The van der Waals surface area contributed by atoms with Gasteiger partial charge < -0.3 is 30.3 Å². The molecule has 298 valence electrons. The Labute approximate surface area is 314 Å². The van der Waals surface area contributed by atoms with E-state index in [1.54, 1.807) is 54.1 Å². The molecule has 1 aromatic rings. The van der Waals surface area contributed by atoms with E-state index in [9.17, 15) is 27.6 Å². The summed E-state index contributed by atoms with van der Waals surface area (Å²) in [5.41, 5.74) is 15.4. The maximum atomic E-state index is 14.0. The van der Waals surface area contributed by atoms with Crippen molar-refractivity contribution in [3.05, 3.63) is 46.3 Å². The third-order valence-electron chi connectivity index (χ3n) is 10.2. The summed E-state index contributed by atoms with van der Waals surface area (Å²) < 4.78 is 39.1. The minimum absolute atomic E-state index is 0.000349. The smallest absolute Gasteiger partial charge is 0.256 e. The van der Waals surface area contributed by atoms with Crippen molar-refractivity contribution in [1.82, 2.24) is 19.8 Å². The van der Waals surface area contributed by atoms with Crippen molar-refractivity contribution in [3.63, 3.8) is 0 Å². The lowest BCUT2D eigenvalue weighted by Gasteiger charge is -2.40. The number of benzene rings is 1. The lowest BCUT2D eigenvalue weighted by Crippen LogP contribution is -2.56. The van der Waals surface area contributed by atoms with Crippen LogP contribution in [0, 0.1) is 17.8 Å². The second kappa shape index (κ2) is 21.8. The summed E-state index contributed by atoms with van der Waals surface area (Å²) in [6, 6.07) is 6.01.